The van der Waals surface area contributed by atoms with Crippen LogP contribution in [-0.4, -0.2) is 82.2 Å². The molecule has 0 bridgehead atoms. The van der Waals surface area contributed by atoms with E-state index in [0.29, 0.717) is 36.1 Å². The lowest BCUT2D eigenvalue weighted by Crippen LogP contribution is -2.37. The average Bonchev–Trinajstić information content (AvgIpc) is 3.94. The second kappa shape index (κ2) is 36.3. The third kappa shape index (κ3) is 37.2. The van der Waals surface area contributed by atoms with Crippen LogP contribution in [0, 0.1) is 0 Å². The third-order valence-corrected chi connectivity index (χ3v) is 10.9. The Morgan fingerprint density at radius 3 is 1.64 bits per heavy atom. The maximum Gasteiger partial charge on any atom is 0.306 e. The van der Waals surface area contributed by atoms with Crippen molar-refractivity contribution in [3.8, 4) is 0 Å². The van der Waals surface area contributed by atoms with E-state index >= 15 is 0 Å². The van der Waals surface area contributed by atoms with Gasteiger partial charge in [0.25, 0.3) is 7.82 Å². The number of hydrogen-bond acceptors (Lipinski definition) is 9. The number of epoxide rings is 1. The van der Waals surface area contributed by atoms with Crippen LogP contribution in [0.1, 0.15) is 168 Å². The summed E-state index contributed by atoms with van der Waals surface area (Å²) in [5.74, 6) is -0.936. The summed E-state index contributed by atoms with van der Waals surface area (Å²) in [4.78, 5) is 37.6. The van der Waals surface area contributed by atoms with Crippen LogP contribution in [0.2, 0.25) is 0 Å². The molecule has 0 aromatic rings. The van der Waals surface area contributed by atoms with Gasteiger partial charge in [0.2, 0.25) is 0 Å². The smallest absolute Gasteiger partial charge is 0.306 e. The second-order valence-electron chi connectivity index (χ2n) is 16.8. The van der Waals surface area contributed by atoms with Gasteiger partial charge in [-0.15, -0.1) is 0 Å². The van der Waals surface area contributed by atoms with E-state index in [0.717, 1.165) is 57.8 Å². The van der Waals surface area contributed by atoms with Crippen molar-refractivity contribution in [1.82, 2.24) is 0 Å². The van der Waals surface area contributed by atoms with Crippen molar-refractivity contribution in [3.05, 3.63) is 60.8 Å². The van der Waals surface area contributed by atoms with Crippen LogP contribution >= 0.6 is 7.82 Å². The van der Waals surface area contributed by atoms with E-state index in [1.165, 1.54) is 70.6 Å². The first-order valence-electron chi connectivity index (χ1n) is 23.1. The summed E-state index contributed by atoms with van der Waals surface area (Å²) in [7, 11) is 1.12. The molecule has 1 rings (SSSR count). The van der Waals surface area contributed by atoms with Crippen LogP contribution in [0.15, 0.2) is 60.8 Å². The van der Waals surface area contributed by atoms with Crippen LogP contribution < -0.4 is 4.89 Å². The number of phosphoric ester groups is 1. The predicted octanol–water partition coefficient (Wildman–Crippen LogP) is 11.6. The molecule has 1 saturated heterocycles. The maximum atomic E-state index is 12.7. The third-order valence-electron chi connectivity index (χ3n) is 9.97. The van der Waals surface area contributed by atoms with E-state index in [1.54, 1.807) is 0 Å². The summed E-state index contributed by atoms with van der Waals surface area (Å²) < 4.78 is 39.5. The van der Waals surface area contributed by atoms with E-state index < -0.39 is 32.5 Å². The van der Waals surface area contributed by atoms with E-state index in [4.69, 9.17) is 23.3 Å². The fraction of sp³-hybridized carbons (Fsp3) is 0.750. The highest BCUT2D eigenvalue weighted by atomic mass is 31.2. The molecule has 1 fully saturated rings. The molecule has 1 aliphatic heterocycles. The molecule has 10 nitrogen and oxygen atoms in total. The zero-order chi connectivity index (χ0) is 43.3. The molecule has 0 aromatic carbocycles. The molecule has 3 unspecified atom stereocenters. The number of phosphoric acid groups is 1. The Balaban J connectivity index is 2.30. The summed E-state index contributed by atoms with van der Waals surface area (Å²) in [6, 6.07) is 0. The van der Waals surface area contributed by atoms with E-state index in [2.05, 4.69) is 62.5 Å². The Morgan fingerprint density at radius 1 is 0.627 bits per heavy atom. The summed E-state index contributed by atoms with van der Waals surface area (Å²) in [6.07, 6.45) is 45.9. The molecule has 0 aliphatic carbocycles. The van der Waals surface area contributed by atoms with Gasteiger partial charge in [-0.2, -0.15) is 0 Å². The highest BCUT2D eigenvalue weighted by Crippen LogP contribution is 2.38. The summed E-state index contributed by atoms with van der Waals surface area (Å²) >= 11 is 0. The first-order valence-corrected chi connectivity index (χ1v) is 24.6. The number of unbranched alkanes of at least 4 members (excludes halogenated alkanes) is 14. The minimum Gasteiger partial charge on any atom is -0.756 e. The van der Waals surface area contributed by atoms with E-state index in [9.17, 15) is 19.0 Å². The minimum atomic E-state index is -4.65. The molecule has 0 radical (unpaired) electrons. The first kappa shape index (κ1) is 54.7. The number of nitrogens with zero attached hydrogens (tertiary/aromatic N) is 1. The predicted molar refractivity (Wildman–Crippen MR) is 240 cm³/mol. The monoisotopic (exact) mass is 850 g/mol. The minimum absolute atomic E-state index is 0.0451. The highest BCUT2D eigenvalue weighted by molar-refractivity contribution is 7.45. The summed E-state index contributed by atoms with van der Waals surface area (Å²) in [5.41, 5.74) is 0. The fourth-order valence-corrected chi connectivity index (χ4v) is 6.98. The molecular weight excluding hydrogens is 765 g/mol. The number of hydrogen-bond donors (Lipinski definition) is 0. The summed E-state index contributed by atoms with van der Waals surface area (Å²) in [5, 5.41) is 0. The first-order chi connectivity index (χ1) is 28.5. The molecule has 4 atom stereocenters. The molecule has 0 saturated carbocycles. The molecule has 59 heavy (non-hydrogen) atoms. The molecule has 1 heterocycles. The average molecular weight is 850 g/mol. The van der Waals surface area contributed by atoms with Crippen LogP contribution in [0.5, 0.6) is 0 Å². The lowest BCUT2D eigenvalue weighted by molar-refractivity contribution is -0.870. The van der Waals surface area contributed by atoms with Gasteiger partial charge in [0.1, 0.15) is 19.8 Å². The molecular formula is C48H84NO9P. The van der Waals surface area contributed by atoms with Crippen molar-refractivity contribution in [2.24, 2.45) is 0 Å². The van der Waals surface area contributed by atoms with Crippen molar-refractivity contribution in [1.29, 1.82) is 0 Å². The molecule has 11 heteroatoms. The number of likely N-dealkylation sites (N-methyl/N-ethyl adjacent to an activating group) is 1. The van der Waals surface area contributed by atoms with Gasteiger partial charge in [-0.05, 0) is 51.4 Å². The lowest BCUT2D eigenvalue weighted by atomic mass is 10.0. The highest BCUT2D eigenvalue weighted by Gasteiger charge is 2.36. The van der Waals surface area contributed by atoms with Crippen LogP contribution in [0.3, 0.4) is 0 Å². The number of quaternary nitrogens is 1. The zero-order valence-corrected chi connectivity index (χ0v) is 38.8. The quantitative estimate of drug-likeness (QED) is 0.0148. The van der Waals surface area contributed by atoms with Gasteiger partial charge in [0.15, 0.2) is 6.10 Å². The van der Waals surface area contributed by atoms with Crippen LogP contribution in [0.25, 0.3) is 0 Å². The zero-order valence-electron chi connectivity index (χ0n) is 37.9. The van der Waals surface area contributed by atoms with Crippen molar-refractivity contribution in [2.45, 2.75) is 186 Å². The standard InChI is InChI=1S/C48H84NO9P/c1-6-8-10-11-12-13-14-15-16-17-22-25-28-31-35-39-48(51)57-44(43-56-59(52,53)55-41-40-49(3,4)5)42-54-47(50)38-34-30-27-24-21-19-18-20-23-26-29-33-37-46-45(58-46)36-32-9-7-2/h9,19-21,23,27,29-30,32-33,44-46H,6-8,10-18,22,24-26,28,31,34-43H2,1-5H3/b21-19-,23-20-,30-27-,32-9-,33-29-/t44-,45?,46?/m1/s1. The van der Waals surface area contributed by atoms with Gasteiger partial charge < -0.3 is 32.6 Å². The largest absolute Gasteiger partial charge is 0.756 e. The van der Waals surface area contributed by atoms with Gasteiger partial charge in [-0.25, -0.2) is 0 Å². The Labute approximate surface area is 360 Å². The van der Waals surface area contributed by atoms with E-state index in [-0.39, 0.29) is 26.1 Å². The van der Waals surface area contributed by atoms with Crippen LogP contribution in [0.4, 0.5) is 0 Å². The Hall–Kier alpha value is -2.33. The number of esters is 2. The lowest BCUT2D eigenvalue weighted by Gasteiger charge is -2.28. The van der Waals surface area contributed by atoms with Gasteiger partial charge in [0.05, 0.1) is 40.0 Å². The number of allylic oxidation sites excluding steroid dienone is 8. The molecule has 0 amide bonds. The molecule has 0 aromatic heterocycles. The van der Waals surface area contributed by atoms with Gasteiger partial charge in [0, 0.05) is 12.8 Å². The van der Waals surface area contributed by atoms with Crippen molar-refractivity contribution in [2.75, 3.05) is 47.5 Å². The molecule has 340 valence electrons. The molecule has 0 N–H and O–H groups in total. The molecule has 1 aliphatic rings. The SMILES string of the molecule is CC/C=C\CC1OC1C/C=C\C/C=C\C/C=C\C/C=C\CCC(=O)OC[C@H](COP(=O)([O-])OCC[N+](C)(C)C)OC(=O)CCCCCCCCCCCCCCCCC. The number of carbonyl (C=O) groups excluding carboxylic acids is 2. The van der Waals surface area contributed by atoms with Gasteiger partial charge in [-0.1, -0.05) is 164 Å². The van der Waals surface area contributed by atoms with Crippen molar-refractivity contribution in [3.63, 3.8) is 0 Å². The number of carbonyl (C=O) groups is 2. The number of rotatable bonds is 40. The second-order valence-corrected chi connectivity index (χ2v) is 18.2. The summed E-state index contributed by atoms with van der Waals surface area (Å²) in [6.45, 7) is 4.02. The normalized spacial score (nSPS) is 17.5. The Kier molecular flexibility index (Phi) is 33.7. The maximum absolute atomic E-state index is 12.7. The molecule has 0 spiro atoms. The van der Waals surface area contributed by atoms with E-state index in [1.807, 2.05) is 33.3 Å². The fourth-order valence-electron chi connectivity index (χ4n) is 6.25. The van der Waals surface area contributed by atoms with Crippen LogP contribution in [-0.2, 0) is 37.4 Å². The Bertz CT molecular complexity index is 1260. The van der Waals surface area contributed by atoms with Gasteiger partial charge in [-0.3, -0.25) is 14.2 Å². The number of ether oxygens (including phenoxy) is 3. The van der Waals surface area contributed by atoms with Crippen molar-refractivity contribution < 1.29 is 46.8 Å². The van der Waals surface area contributed by atoms with Crippen molar-refractivity contribution >= 4 is 19.8 Å². The topological polar surface area (TPSA) is 124 Å². The van der Waals surface area contributed by atoms with Gasteiger partial charge >= 0.3 is 11.9 Å². The Morgan fingerprint density at radius 2 is 1.12 bits per heavy atom.